The Kier molecular flexibility index (Phi) is 4.19. The minimum absolute atomic E-state index is 0.145. The zero-order valence-corrected chi connectivity index (χ0v) is 12.3. The summed E-state index contributed by atoms with van der Waals surface area (Å²) in [6.45, 7) is 5.12. The van der Waals surface area contributed by atoms with Crippen LogP contribution in [-0.4, -0.2) is 9.78 Å². The van der Waals surface area contributed by atoms with Crippen LogP contribution in [0.15, 0.2) is 34.9 Å². The highest BCUT2D eigenvalue weighted by atomic mass is 79.9. The summed E-state index contributed by atoms with van der Waals surface area (Å²) in [6, 6.07) is 8.09. The molecule has 1 unspecified atom stereocenters. The number of halogens is 1. The first kappa shape index (κ1) is 13.3. The van der Waals surface area contributed by atoms with Gasteiger partial charge in [0.05, 0.1) is 11.7 Å². The summed E-state index contributed by atoms with van der Waals surface area (Å²) in [5.41, 5.74) is 9.75. The maximum absolute atomic E-state index is 6.37. The minimum Gasteiger partial charge on any atom is -0.319 e. The van der Waals surface area contributed by atoms with Gasteiger partial charge in [0.1, 0.15) is 0 Å². The number of nitrogens with zero attached hydrogens (tertiary/aromatic N) is 2. The van der Waals surface area contributed by atoms with Crippen LogP contribution in [0.25, 0.3) is 0 Å². The molecule has 0 aliphatic heterocycles. The Hall–Kier alpha value is -1.13. The normalized spacial score (nSPS) is 12.7. The van der Waals surface area contributed by atoms with Crippen molar-refractivity contribution in [3.63, 3.8) is 0 Å². The number of aryl methyl sites for hydroxylation is 2. The van der Waals surface area contributed by atoms with Crippen LogP contribution in [-0.2, 0) is 6.54 Å². The van der Waals surface area contributed by atoms with E-state index in [1.165, 1.54) is 5.56 Å². The fourth-order valence-corrected chi connectivity index (χ4v) is 2.56. The van der Waals surface area contributed by atoms with E-state index >= 15 is 0 Å². The van der Waals surface area contributed by atoms with Gasteiger partial charge in [-0.15, -0.1) is 0 Å². The van der Waals surface area contributed by atoms with Gasteiger partial charge in [-0.25, -0.2) is 0 Å². The Labute approximate surface area is 116 Å². The van der Waals surface area contributed by atoms with Gasteiger partial charge in [-0.3, -0.25) is 4.68 Å². The molecule has 96 valence electrons. The molecule has 18 heavy (non-hydrogen) atoms. The number of benzene rings is 1. The Balaban J connectivity index is 2.38. The molecule has 2 rings (SSSR count). The zero-order valence-electron chi connectivity index (χ0n) is 10.7. The van der Waals surface area contributed by atoms with Crippen molar-refractivity contribution in [2.45, 2.75) is 32.9 Å². The van der Waals surface area contributed by atoms with E-state index in [9.17, 15) is 0 Å². The number of hydrogen-bond acceptors (Lipinski definition) is 2. The summed E-state index contributed by atoms with van der Waals surface area (Å²) in [5, 5.41) is 4.33. The largest absolute Gasteiger partial charge is 0.319 e. The van der Waals surface area contributed by atoms with Gasteiger partial charge >= 0.3 is 0 Å². The standard InChI is InChI=1S/C14H18BrN3/c1-3-8-18-13(6-7-17-18)14(16)11-9-10(2)4-5-12(11)15/h4-7,9,14H,3,8,16H2,1-2H3. The van der Waals surface area contributed by atoms with Crippen LogP contribution in [0.3, 0.4) is 0 Å². The zero-order chi connectivity index (χ0) is 13.1. The van der Waals surface area contributed by atoms with E-state index in [0.717, 1.165) is 28.7 Å². The third kappa shape index (κ3) is 2.65. The van der Waals surface area contributed by atoms with Crippen molar-refractivity contribution in [3.8, 4) is 0 Å². The molecule has 0 fully saturated rings. The third-order valence-electron chi connectivity index (χ3n) is 2.99. The Morgan fingerprint density at radius 1 is 1.39 bits per heavy atom. The van der Waals surface area contributed by atoms with E-state index in [1.54, 1.807) is 0 Å². The second-order valence-corrected chi connectivity index (χ2v) is 5.34. The lowest BCUT2D eigenvalue weighted by Gasteiger charge is -2.16. The van der Waals surface area contributed by atoms with E-state index in [4.69, 9.17) is 5.73 Å². The lowest BCUT2D eigenvalue weighted by atomic mass is 10.0. The SMILES string of the molecule is CCCn1nccc1C(N)c1cc(C)ccc1Br. The maximum Gasteiger partial charge on any atom is 0.0734 e. The van der Waals surface area contributed by atoms with E-state index < -0.39 is 0 Å². The number of hydrogen-bond donors (Lipinski definition) is 1. The second-order valence-electron chi connectivity index (χ2n) is 4.48. The van der Waals surface area contributed by atoms with Gasteiger partial charge in [-0.2, -0.15) is 5.10 Å². The van der Waals surface area contributed by atoms with E-state index in [-0.39, 0.29) is 6.04 Å². The molecule has 0 bridgehead atoms. The highest BCUT2D eigenvalue weighted by molar-refractivity contribution is 9.10. The molecule has 3 nitrogen and oxygen atoms in total. The molecule has 4 heteroatoms. The van der Waals surface area contributed by atoms with Gasteiger partial charge < -0.3 is 5.73 Å². The van der Waals surface area contributed by atoms with Gasteiger partial charge in [0.2, 0.25) is 0 Å². The third-order valence-corrected chi connectivity index (χ3v) is 3.71. The predicted octanol–water partition coefficient (Wildman–Crippen LogP) is 3.41. The lowest BCUT2D eigenvalue weighted by Crippen LogP contribution is -2.18. The fourth-order valence-electron chi connectivity index (χ4n) is 2.07. The Morgan fingerprint density at radius 2 is 2.17 bits per heavy atom. The summed E-state index contributed by atoms with van der Waals surface area (Å²) >= 11 is 3.57. The van der Waals surface area contributed by atoms with Crippen LogP contribution < -0.4 is 5.73 Å². The molecule has 1 atom stereocenters. The average molecular weight is 308 g/mol. The molecule has 2 N–H and O–H groups in total. The van der Waals surface area contributed by atoms with Crippen molar-refractivity contribution in [3.05, 3.63) is 51.8 Å². The Bertz CT molecular complexity index is 534. The number of rotatable bonds is 4. The Morgan fingerprint density at radius 3 is 2.89 bits per heavy atom. The van der Waals surface area contributed by atoms with Gasteiger partial charge in [0, 0.05) is 17.2 Å². The summed E-state index contributed by atoms with van der Waals surface area (Å²) < 4.78 is 3.03. The molecule has 0 spiro atoms. The van der Waals surface area contributed by atoms with Crippen LogP contribution in [0.4, 0.5) is 0 Å². The van der Waals surface area contributed by atoms with Crippen molar-refractivity contribution in [2.75, 3.05) is 0 Å². The molecule has 0 aliphatic rings. The lowest BCUT2D eigenvalue weighted by molar-refractivity contribution is 0.559. The van der Waals surface area contributed by atoms with Gasteiger partial charge in [0.25, 0.3) is 0 Å². The molecule has 2 aromatic rings. The summed E-state index contributed by atoms with van der Waals surface area (Å²) in [5.74, 6) is 0. The summed E-state index contributed by atoms with van der Waals surface area (Å²) in [7, 11) is 0. The summed E-state index contributed by atoms with van der Waals surface area (Å²) in [6.07, 6.45) is 2.87. The highest BCUT2D eigenvalue weighted by Crippen LogP contribution is 2.27. The molecular formula is C14H18BrN3. The van der Waals surface area contributed by atoms with Crippen molar-refractivity contribution in [1.29, 1.82) is 0 Å². The predicted molar refractivity (Wildman–Crippen MR) is 77.4 cm³/mol. The quantitative estimate of drug-likeness (QED) is 0.940. The van der Waals surface area contributed by atoms with Crippen molar-refractivity contribution in [1.82, 2.24) is 9.78 Å². The van der Waals surface area contributed by atoms with Gasteiger partial charge in [0.15, 0.2) is 0 Å². The van der Waals surface area contributed by atoms with Crippen LogP contribution in [0.5, 0.6) is 0 Å². The van der Waals surface area contributed by atoms with E-state index in [0.29, 0.717) is 0 Å². The molecule has 1 aromatic heterocycles. The van der Waals surface area contributed by atoms with E-state index in [1.807, 2.05) is 23.0 Å². The smallest absolute Gasteiger partial charge is 0.0734 e. The first-order valence-electron chi connectivity index (χ1n) is 6.16. The molecule has 1 aromatic carbocycles. The molecular weight excluding hydrogens is 290 g/mol. The number of nitrogens with two attached hydrogens (primary N) is 1. The molecule has 0 saturated carbocycles. The van der Waals surface area contributed by atoms with Crippen LogP contribution >= 0.6 is 15.9 Å². The molecule has 0 amide bonds. The van der Waals surface area contributed by atoms with E-state index in [2.05, 4.69) is 47.0 Å². The van der Waals surface area contributed by atoms with Gasteiger partial charge in [-0.05, 0) is 31.0 Å². The molecule has 1 heterocycles. The summed E-state index contributed by atoms with van der Waals surface area (Å²) in [4.78, 5) is 0. The number of aromatic nitrogens is 2. The second kappa shape index (κ2) is 5.67. The van der Waals surface area contributed by atoms with Crippen LogP contribution in [0.1, 0.15) is 36.2 Å². The van der Waals surface area contributed by atoms with Crippen molar-refractivity contribution in [2.24, 2.45) is 5.73 Å². The molecule has 0 saturated heterocycles. The molecule has 0 radical (unpaired) electrons. The van der Waals surface area contributed by atoms with Crippen LogP contribution in [0.2, 0.25) is 0 Å². The first-order chi connectivity index (χ1) is 8.63. The minimum atomic E-state index is -0.145. The topological polar surface area (TPSA) is 43.8 Å². The first-order valence-corrected chi connectivity index (χ1v) is 6.96. The molecule has 0 aliphatic carbocycles. The highest BCUT2D eigenvalue weighted by Gasteiger charge is 2.16. The fraction of sp³-hybridized carbons (Fsp3) is 0.357. The van der Waals surface area contributed by atoms with Crippen molar-refractivity contribution < 1.29 is 0 Å². The maximum atomic E-state index is 6.37. The van der Waals surface area contributed by atoms with Gasteiger partial charge in [-0.1, -0.05) is 40.5 Å². The monoisotopic (exact) mass is 307 g/mol. The average Bonchev–Trinajstić information content (AvgIpc) is 2.80. The van der Waals surface area contributed by atoms with Crippen LogP contribution in [0, 0.1) is 6.92 Å². The van der Waals surface area contributed by atoms with Crippen molar-refractivity contribution >= 4 is 15.9 Å².